The van der Waals surface area contributed by atoms with Gasteiger partial charge in [-0.3, -0.25) is 9.47 Å². The van der Waals surface area contributed by atoms with Crippen LogP contribution in [0.15, 0.2) is 24.3 Å². The third kappa shape index (κ3) is 2.29. The van der Waals surface area contributed by atoms with Gasteiger partial charge in [0.05, 0.1) is 24.2 Å². The van der Waals surface area contributed by atoms with Gasteiger partial charge in [-0.15, -0.1) is 0 Å². The van der Waals surface area contributed by atoms with E-state index in [1.54, 1.807) is 24.3 Å². The fourth-order valence-corrected chi connectivity index (χ4v) is 2.92. The van der Waals surface area contributed by atoms with Crippen LogP contribution >= 0.6 is 0 Å². The highest BCUT2D eigenvalue weighted by Gasteiger charge is 2.27. The molecule has 2 aromatic rings. The maximum absolute atomic E-state index is 13.3. The minimum atomic E-state index is -2.60. The van der Waals surface area contributed by atoms with E-state index in [2.05, 4.69) is 4.98 Å². The highest BCUT2D eigenvalue weighted by Crippen LogP contribution is 2.26. The number of nitrogens with zero attached hydrogens (tertiary/aromatic N) is 3. The largest absolute Gasteiger partial charge is 0.395 e. The molecule has 0 unspecified atom stereocenters. The van der Waals surface area contributed by atoms with E-state index in [0.29, 0.717) is 23.4 Å². The predicted molar refractivity (Wildman–Crippen MR) is 71.5 cm³/mol. The van der Waals surface area contributed by atoms with Gasteiger partial charge >= 0.3 is 6.55 Å². The summed E-state index contributed by atoms with van der Waals surface area (Å²) >= 11 is 0. The standard InChI is InChI=1S/C14H17F2N3O/c15-14(16)19-12-6-2-1-5-11(12)17-13(19)8-18-7-3-4-10(18)9-20/h1-2,5-6,10,14,20H,3-4,7-9H2/t10-/m1/s1. The van der Waals surface area contributed by atoms with Crippen molar-refractivity contribution < 1.29 is 13.9 Å². The summed E-state index contributed by atoms with van der Waals surface area (Å²) in [5.41, 5.74) is 1.04. The lowest BCUT2D eigenvalue weighted by atomic mass is 10.2. The highest BCUT2D eigenvalue weighted by atomic mass is 19.3. The second kappa shape index (κ2) is 5.46. The quantitative estimate of drug-likeness (QED) is 0.935. The maximum atomic E-state index is 13.3. The molecule has 0 bridgehead atoms. The summed E-state index contributed by atoms with van der Waals surface area (Å²) in [5, 5.41) is 9.32. The van der Waals surface area contributed by atoms with Crippen molar-refractivity contribution in [3.63, 3.8) is 0 Å². The number of benzene rings is 1. The van der Waals surface area contributed by atoms with E-state index in [0.717, 1.165) is 24.0 Å². The van der Waals surface area contributed by atoms with Crippen molar-refractivity contribution in [3.05, 3.63) is 30.1 Å². The predicted octanol–water partition coefficient (Wildman–Crippen LogP) is 2.39. The van der Waals surface area contributed by atoms with Crippen molar-refractivity contribution in [2.45, 2.75) is 32.0 Å². The number of hydrogen-bond acceptors (Lipinski definition) is 3. The number of fused-ring (bicyclic) bond motifs is 1. The van der Waals surface area contributed by atoms with Crippen LogP contribution in [0.3, 0.4) is 0 Å². The van der Waals surface area contributed by atoms with Gasteiger partial charge in [-0.25, -0.2) is 4.98 Å². The molecule has 0 amide bonds. The molecular weight excluding hydrogens is 264 g/mol. The Morgan fingerprint density at radius 1 is 1.35 bits per heavy atom. The molecule has 0 spiro atoms. The Morgan fingerprint density at radius 2 is 2.15 bits per heavy atom. The van der Waals surface area contributed by atoms with Crippen molar-refractivity contribution in [1.82, 2.24) is 14.5 Å². The van der Waals surface area contributed by atoms with E-state index in [1.165, 1.54) is 0 Å². The van der Waals surface area contributed by atoms with Gasteiger partial charge in [0.15, 0.2) is 0 Å². The van der Waals surface area contributed by atoms with Crippen LogP contribution < -0.4 is 0 Å². The first kappa shape index (κ1) is 13.5. The fourth-order valence-electron chi connectivity index (χ4n) is 2.92. The van der Waals surface area contributed by atoms with E-state index in [1.807, 2.05) is 4.90 Å². The monoisotopic (exact) mass is 281 g/mol. The average Bonchev–Trinajstić information content (AvgIpc) is 3.02. The minimum absolute atomic E-state index is 0.0564. The number of aliphatic hydroxyl groups excluding tert-OH is 1. The van der Waals surface area contributed by atoms with Crippen LogP contribution in [-0.4, -0.2) is 38.8 Å². The van der Waals surface area contributed by atoms with Crippen LogP contribution in [0.4, 0.5) is 8.78 Å². The Hall–Kier alpha value is -1.53. The zero-order chi connectivity index (χ0) is 14.1. The van der Waals surface area contributed by atoms with Crippen molar-refractivity contribution in [2.75, 3.05) is 13.2 Å². The maximum Gasteiger partial charge on any atom is 0.320 e. The first-order valence-corrected chi connectivity index (χ1v) is 6.79. The van der Waals surface area contributed by atoms with Crippen molar-refractivity contribution in [2.24, 2.45) is 0 Å². The van der Waals surface area contributed by atoms with Crippen molar-refractivity contribution in [3.8, 4) is 0 Å². The highest BCUT2D eigenvalue weighted by molar-refractivity contribution is 5.75. The van der Waals surface area contributed by atoms with Gasteiger partial charge in [0.1, 0.15) is 5.82 Å². The van der Waals surface area contributed by atoms with Gasteiger partial charge in [-0.2, -0.15) is 8.78 Å². The Balaban J connectivity index is 1.96. The zero-order valence-electron chi connectivity index (χ0n) is 11.0. The molecule has 1 aliphatic rings. The van der Waals surface area contributed by atoms with E-state index in [-0.39, 0.29) is 12.6 Å². The van der Waals surface area contributed by atoms with Gasteiger partial charge in [0.25, 0.3) is 0 Å². The molecule has 1 aromatic heterocycles. The van der Waals surface area contributed by atoms with Crippen LogP contribution in [-0.2, 0) is 6.54 Å². The number of imidazole rings is 1. The van der Waals surface area contributed by atoms with Crippen LogP contribution in [0.25, 0.3) is 11.0 Å². The van der Waals surface area contributed by atoms with Crippen LogP contribution in [0.5, 0.6) is 0 Å². The molecule has 1 aliphatic heterocycles. The van der Waals surface area contributed by atoms with Crippen LogP contribution in [0, 0.1) is 0 Å². The molecule has 6 heteroatoms. The van der Waals surface area contributed by atoms with Gasteiger partial charge in [0.2, 0.25) is 0 Å². The van der Waals surface area contributed by atoms with E-state index < -0.39 is 6.55 Å². The molecule has 20 heavy (non-hydrogen) atoms. The first-order chi connectivity index (χ1) is 9.70. The summed E-state index contributed by atoms with van der Waals surface area (Å²) in [6.45, 7) is -1.37. The zero-order valence-corrected chi connectivity index (χ0v) is 11.0. The molecule has 1 fully saturated rings. The van der Waals surface area contributed by atoms with Crippen molar-refractivity contribution >= 4 is 11.0 Å². The SMILES string of the molecule is OC[C@H]1CCCN1Cc1nc2ccccc2n1C(F)F. The Kier molecular flexibility index (Phi) is 3.67. The van der Waals surface area contributed by atoms with E-state index in [4.69, 9.17) is 0 Å². The number of likely N-dealkylation sites (tertiary alicyclic amines) is 1. The molecule has 1 saturated heterocycles. The van der Waals surface area contributed by atoms with Gasteiger partial charge in [-0.1, -0.05) is 12.1 Å². The lowest BCUT2D eigenvalue weighted by Gasteiger charge is -2.22. The smallest absolute Gasteiger partial charge is 0.320 e. The number of rotatable bonds is 4. The van der Waals surface area contributed by atoms with E-state index >= 15 is 0 Å². The number of alkyl halides is 2. The second-order valence-corrected chi connectivity index (χ2v) is 5.11. The second-order valence-electron chi connectivity index (χ2n) is 5.11. The third-order valence-corrected chi connectivity index (χ3v) is 3.92. The summed E-state index contributed by atoms with van der Waals surface area (Å²) in [7, 11) is 0. The lowest BCUT2D eigenvalue weighted by molar-refractivity contribution is 0.0664. The molecule has 3 rings (SSSR count). The first-order valence-electron chi connectivity index (χ1n) is 6.79. The molecule has 2 heterocycles. The van der Waals surface area contributed by atoms with Crippen LogP contribution in [0.1, 0.15) is 25.2 Å². The summed E-state index contributed by atoms with van der Waals surface area (Å²) in [6, 6.07) is 6.98. The number of para-hydroxylation sites is 2. The molecule has 1 aromatic carbocycles. The van der Waals surface area contributed by atoms with Crippen LogP contribution in [0.2, 0.25) is 0 Å². The molecule has 1 N–H and O–H groups in total. The average molecular weight is 281 g/mol. The summed E-state index contributed by atoms with van der Waals surface area (Å²) in [6.07, 6.45) is 1.89. The minimum Gasteiger partial charge on any atom is -0.395 e. The molecule has 0 aliphatic carbocycles. The number of halogens is 2. The molecule has 0 saturated carbocycles. The number of aliphatic hydroxyl groups is 1. The Labute approximate surface area is 115 Å². The summed E-state index contributed by atoms with van der Waals surface area (Å²) < 4.78 is 27.6. The summed E-state index contributed by atoms with van der Waals surface area (Å²) in [4.78, 5) is 6.35. The molecular formula is C14H17F2N3O. The molecule has 1 atom stereocenters. The molecule has 0 radical (unpaired) electrons. The van der Waals surface area contributed by atoms with Gasteiger partial charge < -0.3 is 5.11 Å². The summed E-state index contributed by atoms with van der Waals surface area (Å²) in [5.74, 6) is 0.363. The Morgan fingerprint density at radius 3 is 2.90 bits per heavy atom. The van der Waals surface area contributed by atoms with Gasteiger partial charge in [0, 0.05) is 6.04 Å². The van der Waals surface area contributed by atoms with Gasteiger partial charge in [-0.05, 0) is 31.5 Å². The topological polar surface area (TPSA) is 41.3 Å². The number of aromatic nitrogens is 2. The fraction of sp³-hybridized carbons (Fsp3) is 0.500. The molecule has 108 valence electrons. The normalized spacial score (nSPS) is 20.3. The number of hydrogen-bond donors (Lipinski definition) is 1. The van der Waals surface area contributed by atoms with E-state index in [9.17, 15) is 13.9 Å². The van der Waals surface area contributed by atoms with Crippen molar-refractivity contribution in [1.29, 1.82) is 0 Å². The molecule has 4 nitrogen and oxygen atoms in total. The third-order valence-electron chi connectivity index (χ3n) is 3.92. The lowest BCUT2D eigenvalue weighted by Crippen LogP contribution is -2.32. The Bertz CT molecular complexity index is 599.